The Morgan fingerprint density at radius 1 is 1.19 bits per heavy atom. The minimum absolute atomic E-state index is 0.222. The second kappa shape index (κ2) is 7.92. The van der Waals surface area contributed by atoms with Crippen LogP contribution in [0, 0.1) is 6.92 Å². The molecule has 0 aliphatic rings. The van der Waals surface area contributed by atoms with Gasteiger partial charge in [-0.05, 0) is 42.8 Å². The lowest BCUT2D eigenvalue weighted by Crippen LogP contribution is -2.23. The summed E-state index contributed by atoms with van der Waals surface area (Å²) in [6.07, 6.45) is 1.53. The number of rotatable bonds is 5. The number of carbonyl (C=O) groups excluding carboxylic acids is 2. The highest BCUT2D eigenvalue weighted by atomic mass is 35.5. The van der Waals surface area contributed by atoms with Crippen LogP contribution in [0.25, 0.3) is 5.69 Å². The molecule has 0 aliphatic heterocycles. The summed E-state index contributed by atoms with van der Waals surface area (Å²) in [7, 11) is 0. The number of nitrogens with zero attached hydrogens (tertiary/aromatic N) is 2. The van der Waals surface area contributed by atoms with Gasteiger partial charge in [0.25, 0.3) is 5.91 Å². The van der Waals surface area contributed by atoms with Crippen LogP contribution < -0.4 is 16.4 Å². The van der Waals surface area contributed by atoms with E-state index >= 15 is 0 Å². The maximum Gasteiger partial charge on any atom is 0.316 e. The van der Waals surface area contributed by atoms with Crippen LogP contribution in [0.5, 0.6) is 0 Å². The van der Waals surface area contributed by atoms with Crippen molar-refractivity contribution < 1.29 is 9.59 Å². The van der Waals surface area contributed by atoms with Crippen LogP contribution in [-0.2, 0) is 6.54 Å². The normalized spacial score (nSPS) is 10.4. The molecule has 0 fully saturated rings. The quantitative estimate of drug-likeness (QED) is 0.630. The van der Waals surface area contributed by atoms with Crippen LogP contribution >= 0.6 is 11.6 Å². The topological polar surface area (TPSA) is 102 Å². The van der Waals surface area contributed by atoms with E-state index in [2.05, 4.69) is 15.7 Å². The Balaban J connectivity index is 1.67. The van der Waals surface area contributed by atoms with E-state index < -0.39 is 6.03 Å². The molecule has 3 rings (SSSR count). The number of amides is 3. The third-order valence-corrected chi connectivity index (χ3v) is 4.22. The SMILES string of the molecule is Cc1c(C(=O)NCc2ccc(NC(N)=O)cc2)cnn1-c1cccc(Cl)c1. The summed E-state index contributed by atoms with van der Waals surface area (Å²) < 4.78 is 1.67. The van der Waals surface area contributed by atoms with E-state index in [1.807, 2.05) is 19.1 Å². The van der Waals surface area contributed by atoms with Gasteiger partial charge in [0.1, 0.15) is 0 Å². The molecule has 0 radical (unpaired) electrons. The molecular formula is C19H18ClN5O2. The molecule has 7 nitrogen and oxygen atoms in total. The van der Waals surface area contributed by atoms with Crippen molar-refractivity contribution in [1.82, 2.24) is 15.1 Å². The van der Waals surface area contributed by atoms with Crippen LogP contribution in [-0.4, -0.2) is 21.7 Å². The number of nitrogens with two attached hydrogens (primary N) is 1. The summed E-state index contributed by atoms with van der Waals surface area (Å²) in [5.41, 5.74) is 8.55. The van der Waals surface area contributed by atoms with E-state index in [-0.39, 0.29) is 5.91 Å². The predicted molar refractivity (Wildman–Crippen MR) is 104 cm³/mol. The van der Waals surface area contributed by atoms with Gasteiger partial charge in [-0.25, -0.2) is 9.48 Å². The van der Waals surface area contributed by atoms with Gasteiger partial charge in [0.2, 0.25) is 0 Å². The third-order valence-electron chi connectivity index (χ3n) is 3.98. The van der Waals surface area contributed by atoms with Crippen LogP contribution in [0.3, 0.4) is 0 Å². The molecule has 0 saturated carbocycles. The maximum atomic E-state index is 12.5. The van der Waals surface area contributed by atoms with E-state index in [0.717, 1.165) is 16.9 Å². The average Bonchev–Trinajstić information content (AvgIpc) is 3.02. The second-order valence-corrected chi connectivity index (χ2v) is 6.34. The molecule has 2 aromatic carbocycles. The van der Waals surface area contributed by atoms with Gasteiger partial charge in [-0.3, -0.25) is 4.79 Å². The summed E-state index contributed by atoms with van der Waals surface area (Å²) in [5, 5.41) is 10.2. The number of hydrogen-bond donors (Lipinski definition) is 3. The summed E-state index contributed by atoms with van der Waals surface area (Å²) >= 11 is 6.02. The summed E-state index contributed by atoms with van der Waals surface area (Å²) in [4.78, 5) is 23.3. The first-order valence-corrected chi connectivity index (χ1v) is 8.56. The Bertz CT molecular complexity index is 982. The van der Waals surface area contributed by atoms with Crippen LogP contribution in [0.15, 0.2) is 54.7 Å². The smallest absolute Gasteiger partial charge is 0.316 e. The minimum atomic E-state index is -0.622. The molecule has 0 spiro atoms. The van der Waals surface area contributed by atoms with Crippen LogP contribution in [0.2, 0.25) is 5.02 Å². The van der Waals surface area contributed by atoms with Gasteiger partial charge >= 0.3 is 6.03 Å². The summed E-state index contributed by atoms with van der Waals surface area (Å²) in [6, 6.07) is 13.7. The zero-order valence-corrected chi connectivity index (χ0v) is 15.3. The average molecular weight is 384 g/mol. The van der Waals surface area contributed by atoms with E-state index in [0.29, 0.717) is 22.8 Å². The Labute approximate surface area is 161 Å². The van der Waals surface area contributed by atoms with E-state index in [1.165, 1.54) is 6.20 Å². The summed E-state index contributed by atoms with van der Waals surface area (Å²) in [5.74, 6) is -0.222. The minimum Gasteiger partial charge on any atom is -0.351 e. The molecule has 0 aliphatic carbocycles. The highest BCUT2D eigenvalue weighted by Crippen LogP contribution is 2.18. The van der Waals surface area contributed by atoms with Gasteiger partial charge in [0, 0.05) is 17.3 Å². The van der Waals surface area contributed by atoms with Crippen molar-refractivity contribution in [2.75, 3.05) is 5.32 Å². The molecule has 0 unspecified atom stereocenters. The van der Waals surface area contributed by atoms with Crippen molar-refractivity contribution >= 4 is 29.2 Å². The molecule has 0 saturated heterocycles. The number of carbonyl (C=O) groups is 2. The van der Waals surface area contributed by atoms with E-state index in [9.17, 15) is 9.59 Å². The molecule has 3 aromatic rings. The lowest BCUT2D eigenvalue weighted by atomic mass is 10.2. The molecule has 4 N–H and O–H groups in total. The molecule has 3 amide bonds. The fourth-order valence-electron chi connectivity index (χ4n) is 2.63. The number of nitrogens with one attached hydrogen (secondary N) is 2. The molecule has 0 bridgehead atoms. The van der Waals surface area contributed by atoms with Gasteiger partial charge in [0.05, 0.1) is 23.1 Å². The van der Waals surface area contributed by atoms with Gasteiger partial charge in [-0.15, -0.1) is 0 Å². The highest BCUT2D eigenvalue weighted by molar-refractivity contribution is 6.30. The zero-order valence-electron chi connectivity index (χ0n) is 14.6. The molecule has 0 atom stereocenters. The Morgan fingerprint density at radius 2 is 1.93 bits per heavy atom. The van der Waals surface area contributed by atoms with Gasteiger partial charge in [-0.1, -0.05) is 29.8 Å². The number of benzene rings is 2. The number of anilines is 1. The molecular weight excluding hydrogens is 366 g/mol. The van der Waals surface area contributed by atoms with E-state index in [1.54, 1.807) is 41.1 Å². The molecule has 8 heteroatoms. The molecule has 1 heterocycles. The van der Waals surface area contributed by atoms with Gasteiger partial charge in [0.15, 0.2) is 0 Å². The molecule has 1 aromatic heterocycles. The number of primary amides is 1. The largest absolute Gasteiger partial charge is 0.351 e. The van der Waals surface area contributed by atoms with Gasteiger partial charge in [-0.2, -0.15) is 5.10 Å². The second-order valence-electron chi connectivity index (χ2n) is 5.90. The summed E-state index contributed by atoms with van der Waals surface area (Å²) in [6.45, 7) is 2.17. The predicted octanol–water partition coefficient (Wildman–Crippen LogP) is 3.25. The van der Waals surface area contributed by atoms with Crippen molar-refractivity contribution in [3.63, 3.8) is 0 Å². The Kier molecular flexibility index (Phi) is 5.42. The fourth-order valence-corrected chi connectivity index (χ4v) is 2.81. The van der Waals surface area contributed by atoms with Crippen molar-refractivity contribution in [1.29, 1.82) is 0 Å². The van der Waals surface area contributed by atoms with Crippen molar-refractivity contribution in [2.45, 2.75) is 13.5 Å². The number of hydrogen-bond acceptors (Lipinski definition) is 3. The lowest BCUT2D eigenvalue weighted by Gasteiger charge is -2.08. The Hall–Kier alpha value is -3.32. The first kappa shape index (κ1) is 18.5. The maximum absolute atomic E-state index is 12.5. The fraction of sp³-hybridized carbons (Fsp3) is 0.105. The number of halogens is 1. The molecule has 27 heavy (non-hydrogen) atoms. The van der Waals surface area contributed by atoms with Crippen LogP contribution in [0.1, 0.15) is 21.6 Å². The standard InChI is InChI=1S/C19H18ClN5O2/c1-12-17(11-23-25(12)16-4-2-3-14(20)9-16)18(26)22-10-13-5-7-15(8-6-13)24-19(21)27/h2-9,11H,10H2,1H3,(H,22,26)(H3,21,24,27). The van der Waals surface area contributed by atoms with Crippen molar-refractivity contribution in [2.24, 2.45) is 5.73 Å². The third kappa shape index (κ3) is 4.45. The number of aromatic nitrogens is 2. The first-order valence-electron chi connectivity index (χ1n) is 8.18. The first-order chi connectivity index (χ1) is 12.9. The molecule has 138 valence electrons. The van der Waals surface area contributed by atoms with E-state index in [4.69, 9.17) is 17.3 Å². The highest BCUT2D eigenvalue weighted by Gasteiger charge is 2.15. The number of urea groups is 1. The monoisotopic (exact) mass is 383 g/mol. The van der Waals surface area contributed by atoms with Crippen LogP contribution in [0.4, 0.5) is 10.5 Å². The Morgan fingerprint density at radius 3 is 2.59 bits per heavy atom. The van der Waals surface area contributed by atoms with Gasteiger partial charge < -0.3 is 16.4 Å². The van der Waals surface area contributed by atoms with Crippen molar-refractivity contribution in [3.8, 4) is 5.69 Å². The van der Waals surface area contributed by atoms with Crippen molar-refractivity contribution in [3.05, 3.63) is 76.6 Å². The zero-order chi connectivity index (χ0) is 19.4. The lowest BCUT2D eigenvalue weighted by molar-refractivity contribution is 0.0950.